The number of hydrogen-bond donors (Lipinski definition) is 1. The van der Waals surface area contributed by atoms with Crippen LogP contribution in [0.3, 0.4) is 0 Å². The first-order valence-corrected chi connectivity index (χ1v) is 14.7. The Kier molecular flexibility index (Phi) is 7.94. The van der Waals surface area contributed by atoms with Crippen molar-refractivity contribution in [1.29, 1.82) is 0 Å². The number of benzene rings is 2. The third kappa shape index (κ3) is 5.83. The van der Waals surface area contributed by atoms with Gasteiger partial charge in [-0.3, -0.25) is 14.5 Å². The fraction of sp³-hybridized carbons (Fsp3) is 0.419. The summed E-state index contributed by atoms with van der Waals surface area (Å²) in [5, 5.41) is 4.14. The Hall–Kier alpha value is -2.67. The van der Waals surface area contributed by atoms with Gasteiger partial charge in [-0.25, -0.2) is 0 Å². The molecule has 0 bridgehead atoms. The molecular weight excluding hydrogens is 514 g/mol. The molecule has 1 aliphatic carbocycles. The minimum Gasteiger partial charge on any atom is -0.336 e. The van der Waals surface area contributed by atoms with Gasteiger partial charge in [0, 0.05) is 37.6 Å². The highest BCUT2D eigenvalue weighted by Crippen LogP contribution is 2.45. The Labute approximate surface area is 234 Å². The van der Waals surface area contributed by atoms with Gasteiger partial charge in [-0.1, -0.05) is 74.8 Å². The van der Waals surface area contributed by atoms with Crippen molar-refractivity contribution in [2.45, 2.75) is 46.6 Å². The van der Waals surface area contributed by atoms with Crippen molar-refractivity contribution < 1.29 is 9.59 Å². The normalized spacial score (nSPS) is 18.2. The van der Waals surface area contributed by atoms with E-state index in [0.29, 0.717) is 40.2 Å². The summed E-state index contributed by atoms with van der Waals surface area (Å²) in [5.74, 6) is 0.305. The van der Waals surface area contributed by atoms with Crippen molar-refractivity contribution in [3.63, 3.8) is 0 Å². The molecule has 0 radical (unpaired) electrons. The molecule has 1 fully saturated rings. The van der Waals surface area contributed by atoms with E-state index in [0.717, 1.165) is 44.5 Å². The second kappa shape index (κ2) is 11.2. The lowest BCUT2D eigenvalue weighted by atomic mass is 9.72. The number of amides is 2. The molecular formula is C31H36ClN3O2S. The molecule has 2 aromatic carbocycles. The van der Waals surface area contributed by atoms with Gasteiger partial charge in [0.2, 0.25) is 0 Å². The Bertz CT molecular complexity index is 1310. The molecule has 38 heavy (non-hydrogen) atoms. The number of carbonyl (C=O) groups is 2. The van der Waals surface area contributed by atoms with Crippen molar-refractivity contribution in [1.82, 2.24) is 9.80 Å². The van der Waals surface area contributed by atoms with E-state index < -0.39 is 0 Å². The summed E-state index contributed by atoms with van der Waals surface area (Å²) in [6, 6.07) is 17.5. The number of thiophene rings is 1. The maximum absolute atomic E-state index is 14.0. The highest BCUT2D eigenvalue weighted by Gasteiger charge is 2.36. The second-order valence-electron chi connectivity index (χ2n) is 11.5. The molecule has 7 heteroatoms. The van der Waals surface area contributed by atoms with Crippen LogP contribution in [0.15, 0.2) is 54.6 Å². The Morgan fingerprint density at radius 2 is 1.68 bits per heavy atom. The van der Waals surface area contributed by atoms with E-state index in [2.05, 4.69) is 55.3 Å². The van der Waals surface area contributed by atoms with Crippen LogP contribution in [0.4, 0.5) is 5.00 Å². The third-order valence-corrected chi connectivity index (χ3v) is 9.46. The summed E-state index contributed by atoms with van der Waals surface area (Å²) in [4.78, 5) is 32.8. The number of piperazine rings is 1. The molecule has 5 rings (SSSR count). The molecule has 1 saturated heterocycles. The van der Waals surface area contributed by atoms with Gasteiger partial charge in [-0.05, 0) is 53.9 Å². The van der Waals surface area contributed by atoms with Crippen molar-refractivity contribution in [3.05, 3.63) is 86.8 Å². The average molecular weight is 550 g/mol. The van der Waals surface area contributed by atoms with Gasteiger partial charge in [0.15, 0.2) is 0 Å². The van der Waals surface area contributed by atoms with Crippen LogP contribution in [0.5, 0.6) is 0 Å². The van der Waals surface area contributed by atoms with Crippen LogP contribution >= 0.6 is 22.9 Å². The third-order valence-electron chi connectivity index (χ3n) is 7.96. The van der Waals surface area contributed by atoms with Gasteiger partial charge in [0.1, 0.15) is 5.00 Å². The molecule has 0 saturated carbocycles. The predicted octanol–water partition coefficient (Wildman–Crippen LogP) is 6.76. The zero-order valence-electron chi connectivity index (χ0n) is 22.4. The number of halogens is 1. The van der Waals surface area contributed by atoms with E-state index in [1.165, 1.54) is 10.4 Å². The highest BCUT2D eigenvalue weighted by atomic mass is 35.5. The Morgan fingerprint density at radius 3 is 2.37 bits per heavy atom. The van der Waals surface area contributed by atoms with Crippen LogP contribution in [-0.4, -0.2) is 47.8 Å². The molecule has 1 aliphatic heterocycles. The van der Waals surface area contributed by atoms with Crippen molar-refractivity contribution in [2.24, 2.45) is 11.3 Å². The largest absolute Gasteiger partial charge is 0.336 e. The lowest BCUT2D eigenvalue weighted by Crippen LogP contribution is -2.48. The van der Waals surface area contributed by atoms with E-state index in [9.17, 15) is 9.59 Å². The number of anilines is 1. The Balaban J connectivity index is 1.38. The van der Waals surface area contributed by atoms with Gasteiger partial charge in [0.05, 0.1) is 16.1 Å². The molecule has 2 aliphatic rings. The smallest absolute Gasteiger partial charge is 0.257 e. The molecule has 2 amide bonds. The van der Waals surface area contributed by atoms with E-state index in [1.807, 2.05) is 17.0 Å². The van der Waals surface area contributed by atoms with E-state index in [-0.39, 0.29) is 17.2 Å². The van der Waals surface area contributed by atoms with Crippen LogP contribution < -0.4 is 5.32 Å². The van der Waals surface area contributed by atoms with Crippen LogP contribution in [0.1, 0.15) is 63.9 Å². The number of fused-ring (bicyclic) bond motifs is 1. The van der Waals surface area contributed by atoms with Crippen LogP contribution in [-0.2, 0) is 19.4 Å². The summed E-state index contributed by atoms with van der Waals surface area (Å²) < 4.78 is 0. The number of carbonyl (C=O) groups excluding carboxylic acids is 2. The minimum absolute atomic E-state index is 0.0329. The highest BCUT2D eigenvalue weighted by molar-refractivity contribution is 7.17. The minimum atomic E-state index is -0.275. The Morgan fingerprint density at radius 1 is 1.00 bits per heavy atom. The van der Waals surface area contributed by atoms with E-state index in [1.54, 1.807) is 29.5 Å². The molecule has 1 aromatic heterocycles. The molecule has 5 nitrogen and oxygen atoms in total. The van der Waals surface area contributed by atoms with Crippen LogP contribution in [0, 0.1) is 11.3 Å². The maximum Gasteiger partial charge on any atom is 0.257 e. The first-order valence-electron chi connectivity index (χ1n) is 13.5. The number of hydrogen-bond acceptors (Lipinski definition) is 4. The molecule has 1 atom stereocenters. The molecule has 2 heterocycles. The number of nitrogens with zero attached hydrogens (tertiary/aromatic N) is 2. The molecule has 200 valence electrons. The molecule has 1 N–H and O–H groups in total. The van der Waals surface area contributed by atoms with Crippen LogP contribution in [0.25, 0.3) is 0 Å². The summed E-state index contributed by atoms with van der Waals surface area (Å²) in [7, 11) is 0. The van der Waals surface area contributed by atoms with Gasteiger partial charge in [-0.15, -0.1) is 11.3 Å². The first-order chi connectivity index (χ1) is 18.2. The summed E-state index contributed by atoms with van der Waals surface area (Å²) >= 11 is 7.89. The summed E-state index contributed by atoms with van der Waals surface area (Å²) in [6.45, 7) is 10.8. The van der Waals surface area contributed by atoms with Crippen LogP contribution in [0.2, 0.25) is 5.02 Å². The molecule has 0 spiro atoms. The lowest BCUT2D eigenvalue weighted by Gasteiger charge is -2.36. The number of nitrogens with one attached hydrogen (secondary N) is 1. The average Bonchev–Trinajstić information content (AvgIpc) is 3.26. The predicted molar refractivity (Wildman–Crippen MR) is 156 cm³/mol. The topological polar surface area (TPSA) is 52.7 Å². The van der Waals surface area contributed by atoms with Crippen molar-refractivity contribution in [3.8, 4) is 0 Å². The van der Waals surface area contributed by atoms with Crippen molar-refractivity contribution >= 4 is 39.8 Å². The van der Waals surface area contributed by atoms with E-state index >= 15 is 0 Å². The van der Waals surface area contributed by atoms with Gasteiger partial charge < -0.3 is 10.2 Å². The number of rotatable bonds is 5. The quantitative estimate of drug-likeness (QED) is 0.382. The molecule has 3 aromatic rings. The second-order valence-corrected chi connectivity index (χ2v) is 13.0. The standard InChI is InChI=1S/C31H36ClN3O2S/c1-31(2,3)22-13-14-24-26(19-22)38-29(33-28(36)23-11-7-8-12-25(23)32)27(24)30(37)35-17-15-34(16-18-35)20-21-9-5-4-6-10-21/h4-12,22H,13-20H2,1-3H3,(H,33,36). The monoisotopic (exact) mass is 549 g/mol. The van der Waals surface area contributed by atoms with E-state index in [4.69, 9.17) is 11.6 Å². The fourth-order valence-electron chi connectivity index (χ4n) is 5.56. The lowest BCUT2D eigenvalue weighted by molar-refractivity contribution is 0.0628. The fourth-order valence-corrected chi connectivity index (χ4v) is 7.10. The summed E-state index contributed by atoms with van der Waals surface area (Å²) in [6.07, 6.45) is 2.86. The SMILES string of the molecule is CC(C)(C)C1CCc2c(sc(NC(=O)c3ccccc3Cl)c2C(=O)N2CCN(Cc3ccccc3)CC2)C1. The van der Waals surface area contributed by atoms with Crippen molar-refractivity contribution in [2.75, 3.05) is 31.5 Å². The van der Waals surface area contributed by atoms with Gasteiger partial charge in [-0.2, -0.15) is 0 Å². The first kappa shape index (κ1) is 26.9. The van der Waals surface area contributed by atoms with Gasteiger partial charge >= 0.3 is 0 Å². The zero-order valence-corrected chi connectivity index (χ0v) is 24.0. The maximum atomic E-state index is 14.0. The molecule has 1 unspecified atom stereocenters. The summed E-state index contributed by atoms with van der Waals surface area (Å²) in [5.41, 5.74) is 3.72. The zero-order chi connectivity index (χ0) is 26.9. The van der Waals surface area contributed by atoms with Gasteiger partial charge in [0.25, 0.3) is 11.8 Å².